The van der Waals surface area contributed by atoms with Gasteiger partial charge in [0, 0.05) is 41.0 Å². The van der Waals surface area contributed by atoms with Crippen molar-refractivity contribution in [3.8, 4) is 23.0 Å². The molecule has 59 heavy (non-hydrogen) atoms. The number of rotatable bonds is 13. The molecule has 8 rings (SSSR count). The van der Waals surface area contributed by atoms with Crippen LogP contribution in [0.4, 0.5) is 34.1 Å². The van der Waals surface area contributed by atoms with Crippen LogP contribution in [-0.4, -0.2) is 13.1 Å². The van der Waals surface area contributed by atoms with Gasteiger partial charge in [-0.1, -0.05) is 91.0 Å². The van der Waals surface area contributed by atoms with E-state index in [1.165, 1.54) is 6.92 Å². The van der Waals surface area contributed by atoms with Crippen LogP contribution in [0.5, 0.6) is 23.0 Å². The van der Waals surface area contributed by atoms with Gasteiger partial charge in [0.05, 0.1) is 7.11 Å². The van der Waals surface area contributed by atoms with Gasteiger partial charge in [0.2, 0.25) is 0 Å². The normalized spacial score (nSPS) is 11.1. The summed E-state index contributed by atoms with van der Waals surface area (Å²) in [7, 11) is 1.66. The van der Waals surface area contributed by atoms with Crippen LogP contribution in [0.15, 0.2) is 212 Å². The first-order chi connectivity index (χ1) is 29.0. The molecule has 0 amide bonds. The van der Waals surface area contributed by atoms with Crippen molar-refractivity contribution in [3.63, 3.8) is 0 Å². The highest BCUT2D eigenvalue weighted by atomic mass is 16.5. The van der Waals surface area contributed by atoms with Crippen molar-refractivity contribution in [3.05, 3.63) is 229 Å². The van der Waals surface area contributed by atoms with Gasteiger partial charge in [0.25, 0.3) is 0 Å². The Morgan fingerprint density at radius 3 is 1.12 bits per heavy atom. The van der Waals surface area contributed by atoms with Crippen molar-refractivity contribution in [2.45, 2.75) is 6.92 Å². The zero-order valence-corrected chi connectivity index (χ0v) is 32.8. The number of methoxy groups -OCH3 is 1. The predicted molar refractivity (Wildman–Crippen MR) is 240 cm³/mol. The topological polar surface area (TPSA) is 51.2 Å². The van der Waals surface area contributed by atoms with Crippen molar-refractivity contribution in [2.75, 3.05) is 16.9 Å². The molecule has 8 aromatic rings. The summed E-state index contributed by atoms with van der Waals surface area (Å²) in [5, 5.41) is 0. The number of nitrogens with zero attached hydrogens (tertiary/aromatic N) is 2. The minimum atomic E-state index is -0.352. The summed E-state index contributed by atoms with van der Waals surface area (Å²) in [6, 6.07) is 71.5. The van der Waals surface area contributed by atoms with Gasteiger partial charge < -0.3 is 24.0 Å². The quantitative estimate of drug-likeness (QED) is 0.0661. The number of carbonyl (C=O) groups excluding carboxylic acids is 1. The first kappa shape index (κ1) is 38.1. The number of anilines is 6. The molecule has 0 radical (unpaired) electrons. The average Bonchev–Trinajstić information content (AvgIpc) is 3.29. The van der Waals surface area contributed by atoms with Gasteiger partial charge in [-0.2, -0.15) is 0 Å². The van der Waals surface area contributed by atoms with Gasteiger partial charge in [0.15, 0.2) is 0 Å². The largest absolute Gasteiger partial charge is 0.497 e. The van der Waals surface area contributed by atoms with Gasteiger partial charge in [-0.3, -0.25) is 4.79 Å². The fourth-order valence-electron chi connectivity index (χ4n) is 6.95. The molecule has 0 bridgehead atoms. The van der Waals surface area contributed by atoms with Gasteiger partial charge in [0.1, 0.15) is 23.0 Å². The Kier molecular flexibility index (Phi) is 11.6. The Balaban J connectivity index is 1.04. The molecule has 0 unspecified atom stereocenters. The first-order valence-corrected chi connectivity index (χ1v) is 19.4. The lowest BCUT2D eigenvalue weighted by atomic mass is 9.95. The summed E-state index contributed by atoms with van der Waals surface area (Å²) in [5.41, 5.74) is 10.3. The van der Waals surface area contributed by atoms with Crippen LogP contribution in [0.2, 0.25) is 0 Å². The van der Waals surface area contributed by atoms with Gasteiger partial charge in [-0.15, -0.1) is 0 Å². The van der Waals surface area contributed by atoms with Crippen LogP contribution in [0.1, 0.15) is 23.6 Å². The van der Waals surface area contributed by atoms with E-state index in [-0.39, 0.29) is 5.97 Å². The minimum absolute atomic E-state index is 0.352. The molecule has 0 saturated heterocycles. The van der Waals surface area contributed by atoms with Crippen LogP contribution < -0.4 is 24.0 Å². The van der Waals surface area contributed by atoms with E-state index >= 15 is 0 Å². The maximum atomic E-state index is 11.5. The Morgan fingerprint density at radius 1 is 0.407 bits per heavy atom. The molecule has 0 aliphatic carbocycles. The number of ether oxygens (including phenoxy) is 3. The van der Waals surface area contributed by atoms with Crippen molar-refractivity contribution in [1.82, 2.24) is 0 Å². The second-order valence-corrected chi connectivity index (χ2v) is 13.8. The molecule has 288 valence electrons. The van der Waals surface area contributed by atoms with Crippen LogP contribution in [0.25, 0.3) is 11.6 Å². The molecule has 0 aliphatic heterocycles. The van der Waals surface area contributed by atoms with Crippen molar-refractivity contribution in [2.24, 2.45) is 0 Å². The average molecular weight is 771 g/mol. The van der Waals surface area contributed by atoms with E-state index in [1.807, 2.05) is 103 Å². The lowest BCUT2D eigenvalue weighted by Crippen LogP contribution is -2.09. The highest BCUT2D eigenvalue weighted by Crippen LogP contribution is 2.38. The third kappa shape index (κ3) is 9.25. The lowest BCUT2D eigenvalue weighted by molar-refractivity contribution is -0.131. The molecule has 0 spiro atoms. The number of benzene rings is 8. The Bertz CT molecular complexity index is 2570. The summed E-state index contributed by atoms with van der Waals surface area (Å²) in [5.74, 6) is 2.43. The first-order valence-electron chi connectivity index (χ1n) is 19.4. The molecule has 0 atom stereocenters. The monoisotopic (exact) mass is 770 g/mol. The fraction of sp³-hybridized carbons (Fsp3) is 0.0377. The van der Waals surface area contributed by atoms with Crippen molar-refractivity contribution in [1.29, 1.82) is 0 Å². The van der Waals surface area contributed by atoms with Crippen LogP contribution in [0, 0.1) is 0 Å². The minimum Gasteiger partial charge on any atom is -0.497 e. The molecule has 0 N–H and O–H groups in total. The molecule has 8 aromatic carbocycles. The van der Waals surface area contributed by atoms with Crippen molar-refractivity contribution >= 4 is 51.7 Å². The lowest BCUT2D eigenvalue weighted by Gasteiger charge is -2.26. The highest BCUT2D eigenvalue weighted by Gasteiger charge is 2.15. The molecule has 0 saturated carbocycles. The number of esters is 1. The zero-order valence-electron chi connectivity index (χ0n) is 32.8. The van der Waals surface area contributed by atoms with E-state index in [4.69, 9.17) is 14.2 Å². The number of para-hydroxylation sites is 3. The molecule has 0 heterocycles. The van der Waals surface area contributed by atoms with E-state index in [1.54, 1.807) is 7.11 Å². The van der Waals surface area contributed by atoms with E-state index < -0.39 is 0 Å². The number of hydrogen-bond acceptors (Lipinski definition) is 6. The number of hydrogen-bond donors (Lipinski definition) is 0. The maximum absolute atomic E-state index is 11.5. The Labute approximate surface area is 345 Å². The maximum Gasteiger partial charge on any atom is 0.308 e. The summed E-state index contributed by atoms with van der Waals surface area (Å²) in [6.45, 7) is 1.40. The smallest absolute Gasteiger partial charge is 0.308 e. The van der Waals surface area contributed by atoms with E-state index in [9.17, 15) is 4.79 Å². The third-order valence-corrected chi connectivity index (χ3v) is 9.76. The molecular weight excluding hydrogens is 729 g/mol. The predicted octanol–water partition coefficient (Wildman–Crippen LogP) is 13.9. The van der Waals surface area contributed by atoms with Crippen LogP contribution in [0.3, 0.4) is 0 Å². The summed E-state index contributed by atoms with van der Waals surface area (Å²) in [6.07, 6.45) is 2.17. The van der Waals surface area contributed by atoms with E-state index in [0.29, 0.717) is 5.75 Å². The standard InChI is InChI=1S/C53H42N2O4/c1-39(56)58-50-32-22-42(23-33-50)53(41-20-30-49(57-2)31-21-41)38-40-18-24-46(25-19-40)55(45-16-10-5-11-17-45)48-28-36-52(37-29-48)59-51-34-26-47(27-35-51)54(43-12-6-3-7-13-43)44-14-8-4-9-15-44/h3-38H,1-2H3. The Hall–Kier alpha value is -7.83. The molecule has 0 aliphatic rings. The van der Waals surface area contributed by atoms with Gasteiger partial charge in [-0.05, 0) is 150 Å². The second-order valence-electron chi connectivity index (χ2n) is 13.8. The molecule has 0 aromatic heterocycles. The van der Waals surface area contributed by atoms with E-state index in [0.717, 1.165) is 73.6 Å². The van der Waals surface area contributed by atoms with Gasteiger partial charge in [-0.25, -0.2) is 0 Å². The summed E-state index contributed by atoms with van der Waals surface area (Å²) in [4.78, 5) is 16.0. The van der Waals surface area contributed by atoms with Crippen LogP contribution in [-0.2, 0) is 4.79 Å². The van der Waals surface area contributed by atoms with E-state index in [2.05, 4.69) is 125 Å². The third-order valence-electron chi connectivity index (χ3n) is 9.76. The highest BCUT2D eigenvalue weighted by molar-refractivity contribution is 5.92. The van der Waals surface area contributed by atoms with Crippen LogP contribution >= 0.6 is 0 Å². The molecule has 6 heteroatoms. The van der Waals surface area contributed by atoms with Gasteiger partial charge >= 0.3 is 5.97 Å². The molecular formula is C53H42N2O4. The van der Waals surface area contributed by atoms with Crippen molar-refractivity contribution < 1.29 is 19.0 Å². The zero-order chi connectivity index (χ0) is 40.4. The Morgan fingerprint density at radius 2 is 0.746 bits per heavy atom. The second kappa shape index (κ2) is 18.0. The number of carbonyl (C=O) groups is 1. The molecule has 6 nitrogen and oxygen atoms in total. The fourth-order valence-corrected chi connectivity index (χ4v) is 6.95. The summed E-state index contributed by atoms with van der Waals surface area (Å²) < 4.78 is 17.1. The molecule has 0 fully saturated rings. The SMILES string of the molecule is COc1ccc(C(=Cc2ccc(N(c3ccccc3)c3ccc(Oc4ccc(N(c5ccccc5)c5ccccc5)cc4)cc3)cc2)c2ccc(OC(C)=O)cc2)cc1. The summed E-state index contributed by atoms with van der Waals surface area (Å²) >= 11 is 0.